The van der Waals surface area contributed by atoms with Crippen molar-refractivity contribution in [3.8, 4) is 0 Å². The summed E-state index contributed by atoms with van der Waals surface area (Å²) in [5.74, 6) is 1.05. The van der Waals surface area contributed by atoms with Gasteiger partial charge in [0, 0.05) is 18.8 Å². The summed E-state index contributed by atoms with van der Waals surface area (Å²) < 4.78 is 0. The lowest BCUT2D eigenvalue weighted by Gasteiger charge is -2.06. The molecule has 3 nitrogen and oxygen atoms in total. The molecule has 1 saturated carbocycles. The highest BCUT2D eigenvalue weighted by Gasteiger charge is 2.20. The third-order valence-corrected chi connectivity index (χ3v) is 2.98. The second-order valence-electron chi connectivity index (χ2n) is 4.36. The molecule has 1 heterocycles. The number of ketones is 1. The van der Waals surface area contributed by atoms with E-state index in [4.69, 9.17) is 0 Å². The van der Waals surface area contributed by atoms with E-state index < -0.39 is 0 Å². The van der Waals surface area contributed by atoms with Crippen LogP contribution in [0.1, 0.15) is 48.3 Å². The quantitative estimate of drug-likeness (QED) is 0.710. The second-order valence-corrected chi connectivity index (χ2v) is 4.36. The topological polar surface area (TPSA) is 42.9 Å². The van der Waals surface area contributed by atoms with Gasteiger partial charge in [0.15, 0.2) is 11.6 Å². The van der Waals surface area contributed by atoms with Crippen molar-refractivity contribution < 1.29 is 4.79 Å². The maximum Gasteiger partial charge on any atom is 0.200 e. The van der Waals surface area contributed by atoms with Crippen LogP contribution < -0.4 is 0 Å². The number of nitrogens with zero attached hydrogens (tertiary/aromatic N) is 2. The zero-order valence-corrected chi connectivity index (χ0v) is 9.07. The lowest BCUT2D eigenvalue weighted by molar-refractivity contribution is 0.0952. The Morgan fingerprint density at radius 2 is 1.93 bits per heavy atom. The molecule has 0 aromatic carbocycles. The van der Waals surface area contributed by atoms with Gasteiger partial charge in [-0.3, -0.25) is 4.79 Å². The molecule has 3 heteroatoms. The molecule has 1 fully saturated rings. The monoisotopic (exact) mass is 204 g/mol. The van der Waals surface area contributed by atoms with E-state index in [-0.39, 0.29) is 5.78 Å². The molecule has 0 radical (unpaired) electrons. The Balaban J connectivity index is 1.98. The summed E-state index contributed by atoms with van der Waals surface area (Å²) in [6.07, 6.45) is 8.96. The van der Waals surface area contributed by atoms with Gasteiger partial charge >= 0.3 is 0 Å². The maximum atomic E-state index is 11.8. The second kappa shape index (κ2) is 4.51. The zero-order valence-electron chi connectivity index (χ0n) is 9.07. The number of hydrogen-bond acceptors (Lipinski definition) is 3. The minimum Gasteiger partial charge on any atom is -0.291 e. The molecule has 1 aromatic rings. The van der Waals surface area contributed by atoms with Crippen LogP contribution in [0.15, 0.2) is 12.4 Å². The molecule has 0 N–H and O–H groups in total. The Bertz CT molecular complexity index is 339. The van der Waals surface area contributed by atoms with Crippen LogP contribution >= 0.6 is 0 Å². The summed E-state index contributed by atoms with van der Waals surface area (Å²) in [6, 6.07) is 0. The lowest BCUT2D eigenvalue weighted by Crippen LogP contribution is -2.09. The number of Topliss-reactive ketones (excluding diaryl/α,β-unsaturated/α-hetero) is 1. The molecular weight excluding hydrogens is 188 g/mol. The van der Waals surface area contributed by atoms with Crippen molar-refractivity contribution in [3.63, 3.8) is 0 Å². The molecule has 0 atom stereocenters. The predicted octanol–water partition coefficient (Wildman–Crippen LogP) is 2.55. The van der Waals surface area contributed by atoms with Gasteiger partial charge in [-0.05, 0) is 18.4 Å². The minimum atomic E-state index is 0.0990. The summed E-state index contributed by atoms with van der Waals surface area (Å²) in [7, 11) is 0. The fourth-order valence-electron chi connectivity index (χ4n) is 2.10. The Hall–Kier alpha value is -1.25. The van der Waals surface area contributed by atoms with E-state index in [2.05, 4.69) is 9.97 Å². The van der Waals surface area contributed by atoms with Crippen LogP contribution in [0.3, 0.4) is 0 Å². The van der Waals surface area contributed by atoms with Crippen LogP contribution in [-0.4, -0.2) is 15.8 Å². The smallest absolute Gasteiger partial charge is 0.200 e. The Kier molecular flexibility index (Phi) is 3.09. The molecule has 0 aliphatic heterocycles. The number of aryl methyl sites for hydroxylation is 1. The van der Waals surface area contributed by atoms with Crippen molar-refractivity contribution in [2.24, 2.45) is 5.92 Å². The number of hydrogen-bond donors (Lipinski definition) is 0. The molecule has 0 bridgehead atoms. The highest BCUT2D eigenvalue weighted by molar-refractivity contribution is 5.92. The van der Waals surface area contributed by atoms with E-state index in [0.717, 1.165) is 5.56 Å². The highest BCUT2D eigenvalue weighted by Crippen LogP contribution is 2.28. The van der Waals surface area contributed by atoms with Gasteiger partial charge in [0.25, 0.3) is 0 Å². The van der Waals surface area contributed by atoms with E-state index in [9.17, 15) is 4.79 Å². The van der Waals surface area contributed by atoms with Crippen molar-refractivity contribution >= 4 is 5.78 Å². The number of aromatic nitrogens is 2. The SMILES string of the molecule is Cc1cnc(C(=O)CC2CCCC2)nc1. The van der Waals surface area contributed by atoms with E-state index in [1.165, 1.54) is 25.7 Å². The van der Waals surface area contributed by atoms with Crippen LogP contribution in [0, 0.1) is 12.8 Å². The molecule has 1 aromatic heterocycles. The van der Waals surface area contributed by atoms with E-state index >= 15 is 0 Å². The summed E-state index contributed by atoms with van der Waals surface area (Å²) in [6.45, 7) is 1.92. The number of rotatable bonds is 3. The fourth-order valence-corrected chi connectivity index (χ4v) is 2.10. The van der Waals surface area contributed by atoms with Gasteiger partial charge in [-0.15, -0.1) is 0 Å². The van der Waals surface area contributed by atoms with Crippen LogP contribution in [0.2, 0.25) is 0 Å². The third-order valence-electron chi connectivity index (χ3n) is 2.98. The summed E-state index contributed by atoms with van der Waals surface area (Å²) >= 11 is 0. The average Bonchev–Trinajstić information content (AvgIpc) is 2.71. The standard InChI is InChI=1S/C12H16N2O/c1-9-7-13-12(14-8-9)11(15)6-10-4-2-3-5-10/h7-8,10H,2-6H2,1H3. The first-order chi connectivity index (χ1) is 7.25. The van der Waals surface area contributed by atoms with Gasteiger partial charge in [-0.1, -0.05) is 25.7 Å². The molecule has 15 heavy (non-hydrogen) atoms. The van der Waals surface area contributed by atoms with Crippen molar-refractivity contribution in [3.05, 3.63) is 23.8 Å². The highest BCUT2D eigenvalue weighted by atomic mass is 16.1. The molecular formula is C12H16N2O. The van der Waals surface area contributed by atoms with Gasteiger partial charge in [0.1, 0.15) is 0 Å². The average molecular weight is 204 g/mol. The van der Waals surface area contributed by atoms with Gasteiger partial charge in [-0.25, -0.2) is 9.97 Å². The number of carbonyl (C=O) groups is 1. The zero-order chi connectivity index (χ0) is 10.7. The first-order valence-corrected chi connectivity index (χ1v) is 5.57. The van der Waals surface area contributed by atoms with Gasteiger partial charge in [0.2, 0.25) is 0 Å². The van der Waals surface area contributed by atoms with E-state index in [1.54, 1.807) is 12.4 Å². The molecule has 0 amide bonds. The normalized spacial score (nSPS) is 16.9. The fraction of sp³-hybridized carbons (Fsp3) is 0.583. The van der Waals surface area contributed by atoms with Gasteiger partial charge in [-0.2, -0.15) is 0 Å². The molecule has 1 aliphatic carbocycles. The molecule has 1 aliphatic rings. The van der Waals surface area contributed by atoms with Gasteiger partial charge in [0.05, 0.1) is 0 Å². The van der Waals surface area contributed by atoms with E-state index in [1.807, 2.05) is 6.92 Å². The molecule has 2 rings (SSSR count). The summed E-state index contributed by atoms with van der Waals surface area (Å²) in [5, 5.41) is 0. The van der Waals surface area contributed by atoms with Crippen LogP contribution in [-0.2, 0) is 0 Å². The first-order valence-electron chi connectivity index (χ1n) is 5.57. The summed E-state index contributed by atoms with van der Waals surface area (Å²) in [5.41, 5.74) is 0.993. The predicted molar refractivity (Wildman–Crippen MR) is 57.7 cm³/mol. The molecule has 80 valence electrons. The van der Waals surface area contributed by atoms with Crippen LogP contribution in [0.5, 0.6) is 0 Å². The lowest BCUT2D eigenvalue weighted by atomic mass is 10.0. The Labute approximate surface area is 89.9 Å². The first kappa shape index (κ1) is 10.3. The van der Waals surface area contributed by atoms with Crippen molar-refractivity contribution in [1.82, 2.24) is 9.97 Å². The molecule has 0 spiro atoms. The van der Waals surface area contributed by atoms with E-state index in [0.29, 0.717) is 18.2 Å². The maximum absolute atomic E-state index is 11.8. The Morgan fingerprint density at radius 3 is 2.53 bits per heavy atom. The van der Waals surface area contributed by atoms with Crippen molar-refractivity contribution in [2.75, 3.05) is 0 Å². The third kappa shape index (κ3) is 2.61. The molecule has 0 saturated heterocycles. The Morgan fingerprint density at radius 1 is 1.33 bits per heavy atom. The minimum absolute atomic E-state index is 0.0990. The summed E-state index contributed by atoms with van der Waals surface area (Å²) in [4.78, 5) is 19.9. The van der Waals surface area contributed by atoms with Crippen molar-refractivity contribution in [1.29, 1.82) is 0 Å². The van der Waals surface area contributed by atoms with Crippen LogP contribution in [0.4, 0.5) is 0 Å². The van der Waals surface area contributed by atoms with Crippen LogP contribution in [0.25, 0.3) is 0 Å². The van der Waals surface area contributed by atoms with Gasteiger partial charge < -0.3 is 0 Å². The number of carbonyl (C=O) groups excluding carboxylic acids is 1. The van der Waals surface area contributed by atoms with Crippen molar-refractivity contribution in [2.45, 2.75) is 39.0 Å². The largest absolute Gasteiger partial charge is 0.291 e. The molecule has 0 unspecified atom stereocenters.